The lowest BCUT2D eigenvalue weighted by atomic mass is 9.76. The molecule has 0 fully saturated rings. The minimum absolute atomic E-state index is 0.112. The van der Waals surface area contributed by atoms with Crippen molar-refractivity contribution in [2.45, 2.75) is 51.4 Å². The predicted molar refractivity (Wildman–Crippen MR) is 194 cm³/mol. The summed E-state index contributed by atoms with van der Waals surface area (Å²) in [5.74, 6) is -0.392. The number of hydrogen-bond acceptors (Lipinski definition) is 2. The van der Waals surface area contributed by atoms with E-state index in [-0.39, 0.29) is 22.6 Å². The highest BCUT2D eigenvalue weighted by atomic mass is 31.2. The second-order valence-corrected chi connectivity index (χ2v) is 16.6. The first-order valence-corrected chi connectivity index (χ1v) is 18.3. The van der Waals surface area contributed by atoms with Gasteiger partial charge in [-0.05, 0) is 72.5 Å². The zero-order chi connectivity index (χ0) is 32.4. The molecule has 5 aromatic rings. The van der Waals surface area contributed by atoms with Crippen LogP contribution in [0.5, 0.6) is 0 Å². The molecule has 0 spiro atoms. The topological polar surface area (TPSA) is 37.4 Å². The van der Waals surface area contributed by atoms with E-state index in [1.165, 1.54) is 26.4 Å². The summed E-state index contributed by atoms with van der Waals surface area (Å²) >= 11 is 0. The molecular weight excluding hydrogens is 581 g/mol. The Hall–Kier alpha value is -4.33. The van der Waals surface area contributed by atoms with E-state index in [0.717, 1.165) is 24.6 Å². The largest absolute Gasteiger partial charge is 0.273 e. The van der Waals surface area contributed by atoms with E-state index in [9.17, 15) is 9.59 Å². The summed E-state index contributed by atoms with van der Waals surface area (Å²) in [5, 5.41) is 4.18. The van der Waals surface area contributed by atoms with E-state index in [4.69, 9.17) is 0 Å². The number of amides is 2. The molecule has 0 saturated carbocycles. The summed E-state index contributed by atoms with van der Waals surface area (Å²) in [6.45, 7) is 9.39. The van der Waals surface area contributed by atoms with Crippen molar-refractivity contribution in [1.29, 1.82) is 0 Å². The van der Waals surface area contributed by atoms with E-state index in [2.05, 4.69) is 143 Å². The van der Waals surface area contributed by atoms with Gasteiger partial charge in [0.1, 0.15) is 23.2 Å². The maximum atomic E-state index is 13.2. The lowest BCUT2D eigenvalue weighted by Crippen LogP contribution is -2.42. The first kappa shape index (κ1) is 31.6. The Bertz CT molecular complexity index is 1690. The molecule has 0 saturated heterocycles. The van der Waals surface area contributed by atoms with Crippen LogP contribution in [-0.2, 0) is 10.8 Å². The standard InChI is InChI=1S/C42H43NO2P/c1-5-41(3,30-43-39(44)37-24-16-17-25-38(37)40(43)45)32-26-28-33(29-27-32)42(4,6-2)31-46(34-18-10-7-11-19-34,35-20-12-8-13-21-35)36-22-14-9-15-23-36/h7-29H,5-6,30-31H2,1-4H3/q+1. The molecule has 2 amide bonds. The Morgan fingerprint density at radius 2 is 0.848 bits per heavy atom. The number of rotatable bonds is 11. The van der Waals surface area contributed by atoms with Crippen molar-refractivity contribution in [2.24, 2.45) is 0 Å². The zero-order valence-corrected chi connectivity index (χ0v) is 28.2. The molecule has 0 radical (unpaired) electrons. The van der Waals surface area contributed by atoms with Gasteiger partial charge >= 0.3 is 0 Å². The number of fused-ring (bicyclic) bond motifs is 1. The van der Waals surface area contributed by atoms with Crippen LogP contribution >= 0.6 is 7.26 Å². The molecule has 0 N–H and O–H groups in total. The summed E-state index contributed by atoms with van der Waals surface area (Å²) in [4.78, 5) is 27.9. The lowest BCUT2D eigenvalue weighted by molar-refractivity contribution is 0.0616. The Balaban J connectivity index is 1.38. The molecule has 2 unspecified atom stereocenters. The Labute approximate surface area is 274 Å². The Morgan fingerprint density at radius 1 is 0.500 bits per heavy atom. The summed E-state index contributed by atoms with van der Waals surface area (Å²) in [6.07, 6.45) is 2.78. The van der Waals surface area contributed by atoms with Gasteiger partial charge in [0.25, 0.3) is 11.8 Å². The van der Waals surface area contributed by atoms with E-state index in [0.29, 0.717) is 17.7 Å². The molecule has 1 aliphatic rings. The zero-order valence-electron chi connectivity index (χ0n) is 27.3. The van der Waals surface area contributed by atoms with Crippen molar-refractivity contribution in [3.8, 4) is 0 Å². The molecule has 2 atom stereocenters. The summed E-state index contributed by atoms with van der Waals surface area (Å²) in [5.41, 5.74) is 2.97. The minimum Gasteiger partial charge on any atom is -0.273 e. The van der Waals surface area contributed by atoms with Gasteiger partial charge in [0.15, 0.2) is 0 Å². The van der Waals surface area contributed by atoms with Crippen LogP contribution in [0.3, 0.4) is 0 Å². The van der Waals surface area contributed by atoms with E-state index in [1.807, 2.05) is 12.1 Å². The predicted octanol–water partition coefficient (Wildman–Crippen LogP) is 8.31. The highest BCUT2D eigenvalue weighted by Crippen LogP contribution is 2.59. The van der Waals surface area contributed by atoms with Crippen molar-refractivity contribution >= 4 is 35.0 Å². The summed E-state index contributed by atoms with van der Waals surface area (Å²) in [6, 6.07) is 49.5. The average Bonchev–Trinajstić information content (AvgIpc) is 3.36. The number of nitrogens with zero attached hydrogens (tertiary/aromatic N) is 1. The minimum atomic E-state index is -2.05. The van der Waals surface area contributed by atoms with Gasteiger partial charge in [-0.15, -0.1) is 0 Å². The van der Waals surface area contributed by atoms with Crippen molar-refractivity contribution in [1.82, 2.24) is 4.90 Å². The van der Waals surface area contributed by atoms with Gasteiger partial charge in [-0.3, -0.25) is 14.5 Å². The quantitative estimate of drug-likeness (QED) is 0.110. The Kier molecular flexibility index (Phi) is 8.82. The third-order valence-corrected chi connectivity index (χ3v) is 15.1. The molecule has 232 valence electrons. The molecule has 1 heterocycles. The second-order valence-electron chi connectivity index (χ2n) is 13.1. The average molecular weight is 625 g/mol. The van der Waals surface area contributed by atoms with Crippen LogP contribution in [0, 0.1) is 0 Å². The molecule has 6 rings (SSSR count). The highest BCUT2D eigenvalue weighted by molar-refractivity contribution is 7.95. The van der Waals surface area contributed by atoms with Gasteiger partial charge in [-0.1, -0.05) is 119 Å². The van der Waals surface area contributed by atoms with Gasteiger partial charge in [0.2, 0.25) is 0 Å². The number of benzene rings is 5. The lowest BCUT2D eigenvalue weighted by Gasteiger charge is -2.37. The van der Waals surface area contributed by atoms with Crippen molar-refractivity contribution < 1.29 is 9.59 Å². The fraction of sp³-hybridized carbons (Fsp3) is 0.238. The van der Waals surface area contributed by atoms with E-state index < -0.39 is 7.26 Å². The normalized spacial score (nSPS) is 15.7. The molecule has 1 aliphatic heterocycles. The third-order valence-electron chi connectivity index (χ3n) is 10.4. The number of carbonyl (C=O) groups is 2. The van der Waals surface area contributed by atoms with Crippen LogP contribution in [0.2, 0.25) is 0 Å². The van der Waals surface area contributed by atoms with Gasteiger partial charge in [0, 0.05) is 17.4 Å². The van der Waals surface area contributed by atoms with Gasteiger partial charge in [-0.25, -0.2) is 0 Å². The van der Waals surface area contributed by atoms with Crippen LogP contribution in [0.4, 0.5) is 0 Å². The van der Waals surface area contributed by atoms with Crippen LogP contribution < -0.4 is 15.9 Å². The molecule has 5 aromatic carbocycles. The maximum absolute atomic E-state index is 13.2. The highest BCUT2D eigenvalue weighted by Gasteiger charge is 2.50. The molecule has 0 bridgehead atoms. The first-order chi connectivity index (χ1) is 22.3. The van der Waals surface area contributed by atoms with Gasteiger partial charge < -0.3 is 0 Å². The smallest absolute Gasteiger partial charge is 0.261 e. The van der Waals surface area contributed by atoms with Crippen LogP contribution in [0.25, 0.3) is 0 Å². The summed E-state index contributed by atoms with van der Waals surface area (Å²) < 4.78 is 0. The third kappa shape index (κ3) is 5.52. The van der Waals surface area contributed by atoms with Gasteiger partial charge in [0.05, 0.1) is 17.3 Å². The molecule has 0 aromatic heterocycles. The molecule has 46 heavy (non-hydrogen) atoms. The molecule has 3 nitrogen and oxygen atoms in total. The molecule has 4 heteroatoms. The van der Waals surface area contributed by atoms with Crippen molar-refractivity contribution in [2.75, 3.05) is 12.7 Å². The number of carbonyl (C=O) groups excluding carboxylic acids is 2. The van der Waals surface area contributed by atoms with E-state index in [1.54, 1.807) is 12.1 Å². The molecular formula is C42H43NO2P+. The maximum Gasteiger partial charge on any atom is 0.261 e. The monoisotopic (exact) mass is 624 g/mol. The van der Waals surface area contributed by atoms with Gasteiger partial charge in [-0.2, -0.15) is 0 Å². The summed E-state index contributed by atoms with van der Waals surface area (Å²) in [7, 11) is -2.05. The van der Waals surface area contributed by atoms with Crippen LogP contribution in [0.1, 0.15) is 72.4 Å². The first-order valence-electron chi connectivity index (χ1n) is 16.4. The number of imide groups is 1. The SMILES string of the molecule is CCC(C)(CN1C(=O)c2ccccc2C1=O)c1ccc(C(C)(CC)C[P+](c2ccccc2)(c2ccccc2)c2ccccc2)cc1. The second kappa shape index (κ2) is 12.8. The molecule has 0 aliphatic carbocycles. The fourth-order valence-corrected chi connectivity index (χ4v) is 12.1. The Morgan fingerprint density at radius 3 is 1.22 bits per heavy atom. The van der Waals surface area contributed by atoms with Crippen molar-refractivity contribution in [3.05, 3.63) is 162 Å². The van der Waals surface area contributed by atoms with Crippen LogP contribution in [-0.4, -0.2) is 29.4 Å². The fourth-order valence-electron chi connectivity index (χ4n) is 7.11. The van der Waals surface area contributed by atoms with Crippen molar-refractivity contribution in [3.63, 3.8) is 0 Å². The number of hydrogen-bond donors (Lipinski definition) is 0. The van der Waals surface area contributed by atoms with Crippen LogP contribution in [0.15, 0.2) is 140 Å². The van der Waals surface area contributed by atoms with E-state index >= 15 is 0 Å².